The molecule has 2 heterocycles. The highest BCUT2D eigenvalue weighted by atomic mass is 127. The summed E-state index contributed by atoms with van der Waals surface area (Å²) >= 11 is 0. The van der Waals surface area contributed by atoms with Gasteiger partial charge in [-0.05, 0) is 31.0 Å². The summed E-state index contributed by atoms with van der Waals surface area (Å²) in [5, 5.41) is 3.44. The van der Waals surface area contributed by atoms with Crippen molar-refractivity contribution in [3.8, 4) is 11.5 Å². The number of guanidine groups is 1. The standard InChI is InChI=1S/C19H28N4O2.HI/c1-3-4-5-8-21-19(20-2)23-11-9-22(10-12-23)14-16-6-7-17-18(13-16)25-15-24-17;/h3-4,6-7,13H,5,8-12,14-15H2,1-2H3,(H,20,21);1H/b4-3+;. The third-order valence-electron chi connectivity index (χ3n) is 4.56. The predicted octanol–water partition coefficient (Wildman–Crippen LogP) is 2.69. The fraction of sp³-hybridized carbons (Fsp3) is 0.526. The Balaban J connectivity index is 0.00000243. The molecule has 7 heteroatoms. The molecule has 1 fully saturated rings. The van der Waals surface area contributed by atoms with Gasteiger partial charge in [-0.3, -0.25) is 9.89 Å². The van der Waals surface area contributed by atoms with Crippen molar-refractivity contribution in [2.45, 2.75) is 19.9 Å². The number of halogens is 1. The summed E-state index contributed by atoms with van der Waals surface area (Å²) in [6, 6.07) is 6.22. The van der Waals surface area contributed by atoms with Crippen LogP contribution in [0.4, 0.5) is 0 Å². The Bertz CT molecular complexity index is 628. The maximum atomic E-state index is 5.47. The van der Waals surface area contributed by atoms with E-state index in [1.54, 1.807) is 0 Å². The average Bonchev–Trinajstić information content (AvgIpc) is 3.11. The van der Waals surface area contributed by atoms with Crippen LogP contribution >= 0.6 is 24.0 Å². The number of fused-ring (bicyclic) bond motifs is 1. The van der Waals surface area contributed by atoms with Crippen molar-refractivity contribution in [3.05, 3.63) is 35.9 Å². The fourth-order valence-corrected chi connectivity index (χ4v) is 3.18. The monoisotopic (exact) mass is 472 g/mol. The minimum absolute atomic E-state index is 0. The molecule has 0 amide bonds. The van der Waals surface area contributed by atoms with Gasteiger partial charge in [-0.15, -0.1) is 24.0 Å². The zero-order valence-corrected chi connectivity index (χ0v) is 17.9. The van der Waals surface area contributed by atoms with Gasteiger partial charge in [0.1, 0.15) is 0 Å². The Labute approximate surface area is 173 Å². The summed E-state index contributed by atoms with van der Waals surface area (Å²) in [6.45, 7) is 8.30. The number of hydrogen-bond donors (Lipinski definition) is 1. The number of nitrogens with zero attached hydrogens (tertiary/aromatic N) is 3. The molecule has 0 unspecified atom stereocenters. The predicted molar refractivity (Wildman–Crippen MR) is 116 cm³/mol. The van der Waals surface area contributed by atoms with E-state index in [2.05, 4.69) is 44.4 Å². The van der Waals surface area contributed by atoms with Gasteiger partial charge in [-0.1, -0.05) is 18.2 Å². The molecule has 144 valence electrons. The first-order chi connectivity index (χ1) is 12.3. The van der Waals surface area contributed by atoms with Gasteiger partial charge in [0, 0.05) is 46.3 Å². The SMILES string of the molecule is C/C=C/CCNC(=NC)N1CCN(Cc2ccc3c(c2)OCO3)CC1.I. The second-order valence-electron chi connectivity index (χ2n) is 6.28. The molecule has 6 nitrogen and oxygen atoms in total. The van der Waals surface area contributed by atoms with Gasteiger partial charge in [-0.25, -0.2) is 0 Å². The number of ether oxygens (including phenoxy) is 2. The number of allylic oxidation sites excluding steroid dienone is 1. The molecule has 0 bridgehead atoms. The van der Waals surface area contributed by atoms with Crippen LogP contribution in [0.15, 0.2) is 35.3 Å². The lowest BCUT2D eigenvalue weighted by atomic mass is 10.1. The van der Waals surface area contributed by atoms with Gasteiger partial charge in [0.25, 0.3) is 0 Å². The van der Waals surface area contributed by atoms with E-state index in [4.69, 9.17) is 9.47 Å². The summed E-state index contributed by atoms with van der Waals surface area (Å²) in [5.74, 6) is 2.72. The Kier molecular flexibility index (Phi) is 8.50. The van der Waals surface area contributed by atoms with Crippen LogP contribution in [0.1, 0.15) is 18.9 Å². The van der Waals surface area contributed by atoms with Crippen LogP contribution in [0.3, 0.4) is 0 Å². The number of rotatable bonds is 5. The van der Waals surface area contributed by atoms with E-state index < -0.39 is 0 Å². The highest BCUT2D eigenvalue weighted by molar-refractivity contribution is 14.0. The Morgan fingerprint density at radius 1 is 1.19 bits per heavy atom. The van der Waals surface area contributed by atoms with Crippen molar-refractivity contribution in [3.63, 3.8) is 0 Å². The minimum atomic E-state index is 0. The Hall–Kier alpha value is -1.48. The van der Waals surface area contributed by atoms with Gasteiger partial charge in [0.05, 0.1) is 0 Å². The maximum Gasteiger partial charge on any atom is 0.231 e. The largest absolute Gasteiger partial charge is 0.454 e. The number of hydrogen-bond acceptors (Lipinski definition) is 4. The van der Waals surface area contributed by atoms with E-state index >= 15 is 0 Å². The average molecular weight is 472 g/mol. The van der Waals surface area contributed by atoms with Crippen molar-refractivity contribution < 1.29 is 9.47 Å². The zero-order chi connectivity index (χ0) is 17.5. The second-order valence-corrected chi connectivity index (χ2v) is 6.28. The number of piperazine rings is 1. The molecule has 3 rings (SSSR count). The van der Waals surface area contributed by atoms with Crippen LogP contribution in [0.25, 0.3) is 0 Å². The van der Waals surface area contributed by atoms with E-state index in [0.717, 1.165) is 63.1 Å². The van der Waals surface area contributed by atoms with Gasteiger partial charge >= 0.3 is 0 Å². The highest BCUT2D eigenvalue weighted by Crippen LogP contribution is 2.32. The van der Waals surface area contributed by atoms with Crippen LogP contribution in [0.5, 0.6) is 11.5 Å². The lowest BCUT2D eigenvalue weighted by Gasteiger charge is -2.36. The molecule has 0 atom stereocenters. The molecule has 0 radical (unpaired) electrons. The summed E-state index contributed by atoms with van der Waals surface area (Å²) < 4.78 is 10.8. The molecule has 2 aliphatic heterocycles. The third-order valence-corrected chi connectivity index (χ3v) is 4.56. The number of nitrogens with one attached hydrogen (secondary N) is 1. The zero-order valence-electron chi connectivity index (χ0n) is 15.6. The van der Waals surface area contributed by atoms with E-state index in [1.165, 1.54) is 5.56 Å². The summed E-state index contributed by atoms with van der Waals surface area (Å²) in [7, 11) is 1.86. The van der Waals surface area contributed by atoms with Crippen molar-refractivity contribution >= 4 is 29.9 Å². The molecule has 0 aliphatic carbocycles. The van der Waals surface area contributed by atoms with E-state index in [1.807, 2.05) is 20.0 Å². The number of benzene rings is 1. The lowest BCUT2D eigenvalue weighted by molar-refractivity contribution is 0.171. The van der Waals surface area contributed by atoms with Gasteiger partial charge in [0.15, 0.2) is 17.5 Å². The van der Waals surface area contributed by atoms with Crippen molar-refractivity contribution in [2.24, 2.45) is 4.99 Å². The van der Waals surface area contributed by atoms with Crippen molar-refractivity contribution in [1.82, 2.24) is 15.1 Å². The first-order valence-corrected chi connectivity index (χ1v) is 8.98. The molecule has 1 aromatic rings. The first kappa shape index (κ1) is 20.8. The second kappa shape index (κ2) is 10.6. The smallest absolute Gasteiger partial charge is 0.231 e. The van der Waals surface area contributed by atoms with Crippen LogP contribution in [-0.2, 0) is 6.54 Å². The number of aliphatic imine (C=N–C) groups is 1. The molecule has 0 aromatic heterocycles. The lowest BCUT2D eigenvalue weighted by Crippen LogP contribution is -2.52. The van der Waals surface area contributed by atoms with Crippen LogP contribution < -0.4 is 14.8 Å². The molecule has 0 saturated carbocycles. The van der Waals surface area contributed by atoms with Crippen LogP contribution in [0.2, 0.25) is 0 Å². The summed E-state index contributed by atoms with van der Waals surface area (Å²) in [5.41, 5.74) is 1.27. The molecule has 2 aliphatic rings. The first-order valence-electron chi connectivity index (χ1n) is 8.98. The Morgan fingerprint density at radius 3 is 2.69 bits per heavy atom. The quantitative estimate of drug-likeness (QED) is 0.235. The topological polar surface area (TPSA) is 49.3 Å². The van der Waals surface area contributed by atoms with Crippen molar-refractivity contribution in [2.75, 3.05) is 46.6 Å². The maximum absolute atomic E-state index is 5.47. The molecule has 0 spiro atoms. The highest BCUT2D eigenvalue weighted by Gasteiger charge is 2.20. The van der Waals surface area contributed by atoms with Gasteiger partial charge in [-0.2, -0.15) is 0 Å². The van der Waals surface area contributed by atoms with Crippen LogP contribution in [0, 0.1) is 0 Å². The minimum Gasteiger partial charge on any atom is -0.454 e. The van der Waals surface area contributed by atoms with Crippen molar-refractivity contribution in [1.29, 1.82) is 0 Å². The van der Waals surface area contributed by atoms with Gasteiger partial charge in [0.2, 0.25) is 6.79 Å². The molecular formula is C19H29IN4O2. The summed E-state index contributed by atoms with van der Waals surface area (Å²) in [6.07, 6.45) is 5.28. The van der Waals surface area contributed by atoms with Crippen LogP contribution in [-0.4, -0.2) is 62.3 Å². The third kappa shape index (κ3) is 5.51. The summed E-state index contributed by atoms with van der Waals surface area (Å²) in [4.78, 5) is 9.23. The Morgan fingerprint density at radius 2 is 1.96 bits per heavy atom. The normalized spacial score (nSPS) is 17.5. The molecule has 26 heavy (non-hydrogen) atoms. The van der Waals surface area contributed by atoms with E-state index in [0.29, 0.717) is 6.79 Å². The van der Waals surface area contributed by atoms with Gasteiger partial charge < -0.3 is 19.7 Å². The van der Waals surface area contributed by atoms with E-state index in [9.17, 15) is 0 Å². The molecular weight excluding hydrogens is 443 g/mol. The fourth-order valence-electron chi connectivity index (χ4n) is 3.18. The molecule has 1 aromatic carbocycles. The molecule has 1 saturated heterocycles. The van der Waals surface area contributed by atoms with E-state index in [-0.39, 0.29) is 24.0 Å². The molecule has 1 N–H and O–H groups in total.